The highest BCUT2D eigenvalue weighted by atomic mass is 32.1. The van der Waals surface area contributed by atoms with Gasteiger partial charge in [0, 0.05) is 23.5 Å². The lowest BCUT2D eigenvalue weighted by Crippen LogP contribution is -1.98. The molecule has 2 heterocycles. The zero-order valence-electron chi connectivity index (χ0n) is 10.2. The first-order valence-corrected chi connectivity index (χ1v) is 6.84. The third kappa shape index (κ3) is 2.72. The Morgan fingerprint density at radius 2 is 2.21 bits per heavy atom. The number of nitrogens with two attached hydrogens (primary N) is 1. The molecule has 5 heteroatoms. The molecule has 4 nitrogen and oxygen atoms in total. The van der Waals surface area contributed by atoms with Gasteiger partial charge in [-0.2, -0.15) is 0 Å². The minimum atomic E-state index is 0.461. The van der Waals surface area contributed by atoms with Gasteiger partial charge < -0.3 is 10.5 Å². The van der Waals surface area contributed by atoms with Crippen LogP contribution in [0, 0.1) is 0 Å². The average Bonchev–Trinajstić information content (AvgIpc) is 2.93. The molecule has 0 unspecified atom stereocenters. The fourth-order valence-electron chi connectivity index (χ4n) is 1.81. The zero-order chi connectivity index (χ0) is 13.1. The number of benzene rings is 1. The Labute approximate surface area is 114 Å². The summed E-state index contributed by atoms with van der Waals surface area (Å²) < 4.78 is 5.73. The molecule has 19 heavy (non-hydrogen) atoms. The second kappa shape index (κ2) is 5.34. The van der Waals surface area contributed by atoms with Crippen LogP contribution < -0.4 is 10.5 Å². The molecule has 0 fully saturated rings. The van der Waals surface area contributed by atoms with E-state index in [9.17, 15) is 0 Å². The lowest BCUT2D eigenvalue weighted by atomic mass is 10.2. The summed E-state index contributed by atoms with van der Waals surface area (Å²) in [5.74, 6) is 0.822. The second-order valence-electron chi connectivity index (χ2n) is 4.08. The number of thiazole rings is 1. The topological polar surface area (TPSA) is 61.0 Å². The summed E-state index contributed by atoms with van der Waals surface area (Å²) in [5.41, 5.74) is 7.41. The van der Waals surface area contributed by atoms with Crippen LogP contribution in [0.1, 0.15) is 10.7 Å². The van der Waals surface area contributed by atoms with Crippen LogP contribution in [0.15, 0.2) is 41.9 Å². The minimum Gasteiger partial charge on any atom is -0.487 e. The number of rotatable bonds is 4. The number of ether oxygens (including phenoxy) is 1. The largest absolute Gasteiger partial charge is 0.487 e. The standard InChI is InChI=1S/C14H13N3OS/c15-7-14-17-11(9-19-14)8-18-12-3-4-13-10(6-12)2-1-5-16-13/h1-6,9H,7-8,15H2. The molecule has 2 N–H and O–H groups in total. The van der Waals surface area contributed by atoms with Gasteiger partial charge in [0.1, 0.15) is 17.4 Å². The van der Waals surface area contributed by atoms with Gasteiger partial charge in [-0.1, -0.05) is 6.07 Å². The molecule has 3 rings (SSSR count). The maximum Gasteiger partial charge on any atom is 0.131 e. The Morgan fingerprint density at radius 3 is 3.05 bits per heavy atom. The van der Waals surface area contributed by atoms with E-state index in [0.717, 1.165) is 27.4 Å². The Bertz CT molecular complexity index is 696. The highest BCUT2D eigenvalue weighted by molar-refractivity contribution is 7.09. The van der Waals surface area contributed by atoms with Gasteiger partial charge in [-0.05, 0) is 24.3 Å². The Hall–Kier alpha value is -1.98. The highest BCUT2D eigenvalue weighted by Crippen LogP contribution is 2.20. The maximum absolute atomic E-state index is 5.73. The van der Waals surface area contributed by atoms with E-state index >= 15 is 0 Å². The molecule has 0 aliphatic rings. The van der Waals surface area contributed by atoms with Gasteiger partial charge in [0.15, 0.2) is 0 Å². The molecule has 0 bridgehead atoms. The number of aromatic nitrogens is 2. The zero-order valence-corrected chi connectivity index (χ0v) is 11.1. The fraction of sp³-hybridized carbons (Fsp3) is 0.143. The normalized spacial score (nSPS) is 10.8. The fourth-order valence-corrected chi connectivity index (χ4v) is 2.47. The molecule has 2 aromatic heterocycles. The van der Waals surface area contributed by atoms with Crippen LogP contribution >= 0.6 is 11.3 Å². The van der Waals surface area contributed by atoms with Crippen LogP contribution in [-0.4, -0.2) is 9.97 Å². The monoisotopic (exact) mass is 271 g/mol. The molecule has 0 atom stereocenters. The number of pyridine rings is 1. The van der Waals surface area contributed by atoms with Crippen molar-refractivity contribution in [2.24, 2.45) is 5.73 Å². The van der Waals surface area contributed by atoms with Crippen LogP contribution in [-0.2, 0) is 13.2 Å². The molecule has 0 radical (unpaired) electrons. The van der Waals surface area contributed by atoms with Crippen molar-refractivity contribution < 1.29 is 4.74 Å². The van der Waals surface area contributed by atoms with E-state index in [0.29, 0.717) is 13.2 Å². The Balaban J connectivity index is 1.74. The predicted molar refractivity (Wildman–Crippen MR) is 76.1 cm³/mol. The van der Waals surface area contributed by atoms with Crippen molar-refractivity contribution in [2.45, 2.75) is 13.2 Å². The number of fused-ring (bicyclic) bond motifs is 1. The first-order valence-electron chi connectivity index (χ1n) is 5.96. The summed E-state index contributed by atoms with van der Waals surface area (Å²) in [5, 5.41) is 3.98. The molecule has 1 aromatic carbocycles. The van der Waals surface area contributed by atoms with Crippen LogP contribution in [0.2, 0.25) is 0 Å². The molecular formula is C14H13N3OS. The van der Waals surface area contributed by atoms with E-state index in [1.54, 1.807) is 17.5 Å². The Morgan fingerprint density at radius 1 is 1.26 bits per heavy atom. The molecule has 0 amide bonds. The molecule has 96 valence electrons. The molecule has 0 aliphatic carbocycles. The molecular weight excluding hydrogens is 258 g/mol. The quantitative estimate of drug-likeness (QED) is 0.792. The third-order valence-corrected chi connectivity index (χ3v) is 3.66. The first-order chi connectivity index (χ1) is 9.35. The van der Waals surface area contributed by atoms with Crippen molar-refractivity contribution in [3.05, 3.63) is 52.6 Å². The number of hydrogen-bond acceptors (Lipinski definition) is 5. The van der Waals surface area contributed by atoms with E-state index in [1.165, 1.54) is 0 Å². The van der Waals surface area contributed by atoms with E-state index in [-0.39, 0.29) is 0 Å². The summed E-state index contributed by atoms with van der Waals surface area (Å²) in [6, 6.07) is 9.80. The van der Waals surface area contributed by atoms with E-state index in [2.05, 4.69) is 9.97 Å². The minimum absolute atomic E-state index is 0.461. The first kappa shape index (κ1) is 12.1. The summed E-state index contributed by atoms with van der Waals surface area (Å²) in [4.78, 5) is 8.64. The van der Waals surface area contributed by atoms with Gasteiger partial charge in [-0.3, -0.25) is 4.98 Å². The predicted octanol–water partition coefficient (Wildman–Crippen LogP) is 2.73. The van der Waals surface area contributed by atoms with E-state index in [4.69, 9.17) is 10.5 Å². The highest BCUT2D eigenvalue weighted by Gasteiger charge is 2.02. The number of hydrogen-bond donors (Lipinski definition) is 1. The lowest BCUT2D eigenvalue weighted by molar-refractivity contribution is 0.302. The van der Waals surface area contributed by atoms with Crippen molar-refractivity contribution >= 4 is 22.2 Å². The van der Waals surface area contributed by atoms with Gasteiger partial charge in [-0.15, -0.1) is 11.3 Å². The van der Waals surface area contributed by atoms with Crippen molar-refractivity contribution in [3.8, 4) is 5.75 Å². The van der Waals surface area contributed by atoms with Crippen LogP contribution in [0.3, 0.4) is 0 Å². The van der Waals surface area contributed by atoms with E-state index in [1.807, 2.05) is 35.7 Å². The van der Waals surface area contributed by atoms with Crippen molar-refractivity contribution in [2.75, 3.05) is 0 Å². The van der Waals surface area contributed by atoms with Crippen molar-refractivity contribution in [1.29, 1.82) is 0 Å². The lowest BCUT2D eigenvalue weighted by Gasteiger charge is -2.05. The molecule has 3 aromatic rings. The van der Waals surface area contributed by atoms with Crippen LogP contribution in [0.25, 0.3) is 10.9 Å². The SMILES string of the molecule is NCc1nc(COc2ccc3ncccc3c2)cs1. The van der Waals surface area contributed by atoms with Crippen molar-refractivity contribution in [1.82, 2.24) is 9.97 Å². The average molecular weight is 271 g/mol. The third-order valence-electron chi connectivity index (χ3n) is 2.74. The summed E-state index contributed by atoms with van der Waals surface area (Å²) in [6.45, 7) is 0.939. The maximum atomic E-state index is 5.73. The number of nitrogens with zero attached hydrogens (tertiary/aromatic N) is 2. The van der Waals surface area contributed by atoms with Gasteiger partial charge >= 0.3 is 0 Å². The summed E-state index contributed by atoms with van der Waals surface area (Å²) in [7, 11) is 0. The Kier molecular flexibility index (Phi) is 3.39. The van der Waals surface area contributed by atoms with Gasteiger partial charge in [0.05, 0.1) is 11.2 Å². The van der Waals surface area contributed by atoms with Gasteiger partial charge in [-0.25, -0.2) is 4.98 Å². The van der Waals surface area contributed by atoms with E-state index < -0.39 is 0 Å². The summed E-state index contributed by atoms with van der Waals surface area (Å²) in [6.07, 6.45) is 1.78. The second-order valence-corrected chi connectivity index (χ2v) is 5.03. The smallest absolute Gasteiger partial charge is 0.131 e. The summed E-state index contributed by atoms with van der Waals surface area (Å²) >= 11 is 1.56. The van der Waals surface area contributed by atoms with Crippen LogP contribution in [0.4, 0.5) is 0 Å². The van der Waals surface area contributed by atoms with Crippen LogP contribution in [0.5, 0.6) is 5.75 Å². The van der Waals surface area contributed by atoms with Gasteiger partial charge in [0.2, 0.25) is 0 Å². The van der Waals surface area contributed by atoms with Crippen molar-refractivity contribution in [3.63, 3.8) is 0 Å². The molecule has 0 aliphatic heterocycles. The van der Waals surface area contributed by atoms with Gasteiger partial charge in [0.25, 0.3) is 0 Å². The molecule has 0 spiro atoms. The molecule has 0 saturated carbocycles. The molecule has 0 saturated heterocycles.